The van der Waals surface area contributed by atoms with Crippen LogP contribution >= 0.6 is 0 Å². The molecule has 1 aromatic heterocycles. The van der Waals surface area contributed by atoms with Gasteiger partial charge in [-0.15, -0.1) is 0 Å². The van der Waals surface area contributed by atoms with Gasteiger partial charge in [0.15, 0.2) is 11.6 Å². The summed E-state index contributed by atoms with van der Waals surface area (Å²) in [6, 6.07) is 5.64. The van der Waals surface area contributed by atoms with Crippen molar-refractivity contribution < 1.29 is 17.9 Å². The number of furan rings is 1. The first-order chi connectivity index (χ1) is 9.20. The molecule has 0 radical (unpaired) electrons. The Labute approximate surface area is 110 Å². The maximum atomic E-state index is 13.3. The van der Waals surface area contributed by atoms with Crippen molar-refractivity contribution in [3.05, 3.63) is 53.5 Å². The van der Waals surface area contributed by atoms with E-state index in [4.69, 9.17) is 9.15 Å². The minimum absolute atomic E-state index is 0.0620. The third-order valence-electron chi connectivity index (χ3n) is 2.57. The molecule has 102 valence electrons. The molecule has 0 bridgehead atoms. The average molecular weight is 267 g/mol. The summed E-state index contributed by atoms with van der Waals surface area (Å²) < 4.78 is 36.8. The second-order valence-corrected chi connectivity index (χ2v) is 4.04. The van der Waals surface area contributed by atoms with Crippen LogP contribution in [0.1, 0.15) is 18.2 Å². The lowest BCUT2D eigenvalue weighted by Gasteiger charge is -2.05. The number of nitrogens with one attached hydrogen (secondary N) is 1. The zero-order chi connectivity index (χ0) is 13.7. The third-order valence-corrected chi connectivity index (χ3v) is 2.57. The third kappa shape index (κ3) is 3.54. The van der Waals surface area contributed by atoms with Gasteiger partial charge in [-0.1, -0.05) is 13.0 Å². The fourth-order valence-electron chi connectivity index (χ4n) is 1.61. The van der Waals surface area contributed by atoms with Gasteiger partial charge in [0, 0.05) is 12.1 Å². The van der Waals surface area contributed by atoms with E-state index >= 15 is 0 Å². The van der Waals surface area contributed by atoms with Crippen molar-refractivity contribution in [3.8, 4) is 5.75 Å². The second-order valence-electron chi connectivity index (χ2n) is 4.04. The predicted molar refractivity (Wildman–Crippen MR) is 66.8 cm³/mol. The molecule has 2 rings (SSSR count). The van der Waals surface area contributed by atoms with Crippen molar-refractivity contribution >= 4 is 0 Å². The van der Waals surface area contributed by atoms with Gasteiger partial charge in [-0.2, -0.15) is 4.39 Å². The second kappa shape index (κ2) is 6.33. The van der Waals surface area contributed by atoms with Gasteiger partial charge in [-0.3, -0.25) is 0 Å². The molecule has 0 saturated heterocycles. The fourth-order valence-corrected chi connectivity index (χ4v) is 1.61. The Morgan fingerprint density at radius 2 is 2.16 bits per heavy atom. The number of hydrogen-bond donors (Lipinski definition) is 1. The molecule has 0 aliphatic rings. The number of benzene rings is 1. The van der Waals surface area contributed by atoms with E-state index in [9.17, 15) is 8.78 Å². The van der Waals surface area contributed by atoms with Gasteiger partial charge >= 0.3 is 0 Å². The molecule has 0 atom stereocenters. The summed E-state index contributed by atoms with van der Waals surface area (Å²) in [6.45, 7) is 3.64. The van der Waals surface area contributed by atoms with Crippen LogP contribution in [0.4, 0.5) is 8.78 Å². The Morgan fingerprint density at radius 3 is 2.95 bits per heavy atom. The van der Waals surface area contributed by atoms with E-state index in [2.05, 4.69) is 5.32 Å². The lowest BCUT2D eigenvalue weighted by molar-refractivity contribution is 0.255. The Kier molecular flexibility index (Phi) is 4.52. The van der Waals surface area contributed by atoms with Crippen molar-refractivity contribution in [1.29, 1.82) is 0 Å². The predicted octanol–water partition coefficient (Wildman–Crippen LogP) is 3.25. The van der Waals surface area contributed by atoms with E-state index in [1.165, 1.54) is 12.1 Å². The van der Waals surface area contributed by atoms with Gasteiger partial charge in [-0.25, -0.2) is 4.39 Å². The van der Waals surface area contributed by atoms with Gasteiger partial charge in [-0.05, 0) is 24.7 Å². The normalized spacial score (nSPS) is 10.7. The van der Waals surface area contributed by atoms with Crippen molar-refractivity contribution in [3.63, 3.8) is 0 Å². The topological polar surface area (TPSA) is 34.4 Å². The minimum Gasteiger partial charge on any atom is -0.482 e. The molecule has 0 saturated carbocycles. The van der Waals surface area contributed by atoms with Crippen LogP contribution in [0.5, 0.6) is 5.75 Å². The summed E-state index contributed by atoms with van der Waals surface area (Å²) >= 11 is 0. The quantitative estimate of drug-likeness (QED) is 0.872. The molecule has 3 nitrogen and oxygen atoms in total. The molecular weight excluding hydrogens is 252 g/mol. The maximum absolute atomic E-state index is 13.3. The highest BCUT2D eigenvalue weighted by Crippen LogP contribution is 2.20. The van der Waals surface area contributed by atoms with E-state index in [1.54, 1.807) is 6.26 Å². The van der Waals surface area contributed by atoms with Crippen LogP contribution < -0.4 is 10.1 Å². The zero-order valence-electron chi connectivity index (χ0n) is 10.6. The van der Waals surface area contributed by atoms with E-state index in [0.29, 0.717) is 12.3 Å². The monoisotopic (exact) mass is 267 g/mol. The fraction of sp³-hybridized carbons (Fsp3) is 0.286. The van der Waals surface area contributed by atoms with Gasteiger partial charge in [0.25, 0.3) is 0 Å². The molecule has 0 aliphatic heterocycles. The molecule has 0 aliphatic carbocycles. The van der Waals surface area contributed by atoms with Crippen molar-refractivity contribution in [2.24, 2.45) is 0 Å². The van der Waals surface area contributed by atoms with Crippen LogP contribution in [0, 0.1) is 11.6 Å². The molecule has 5 heteroatoms. The molecule has 0 fully saturated rings. The summed E-state index contributed by atoms with van der Waals surface area (Å²) in [6.07, 6.45) is 1.61. The van der Waals surface area contributed by atoms with Crippen LogP contribution in [-0.4, -0.2) is 6.54 Å². The molecule has 19 heavy (non-hydrogen) atoms. The lowest BCUT2D eigenvalue weighted by atomic mass is 10.3. The summed E-state index contributed by atoms with van der Waals surface area (Å²) in [4.78, 5) is 0. The number of rotatable bonds is 6. The van der Waals surface area contributed by atoms with Gasteiger partial charge in [0.2, 0.25) is 5.82 Å². The Bertz CT molecular complexity index is 540. The van der Waals surface area contributed by atoms with Crippen molar-refractivity contribution in [1.82, 2.24) is 5.32 Å². The minimum atomic E-state index is -0.984. The SMILES string of the molecule is CCNCc1coc(COc2cccc(F)c2F)c1. The smallest absolute Gasteiger partial charge is 0.200 e. The molecule has 1 N–H and O–H groups in total. The molecule has 2 aromatic rings. The number of hydrogen-bond acceptors (Lipinski definition) is 3. The first-order valence-corrected chi connectivity index (χ1v) is 6.04. The highest BCUT2D eigenvalue weighted by atomic mass is 19.2. The molecule has 1 heterocycles. The van der Waals surface area contributed by atoms with Crippen LogP contribution in [0.15, 0.2) is 34.9 Å². The molecule has 0 spiro atoms. The summed E-state index contributed by atoms with van der Waals surface area (Å²) in [7, 11) is 0. The molecular formula is C14H15F2NO2. The average Bonchev–Trinajstić information content (AvgIpc) is 2.86. The highest BCUT2D eigenvalue weighted by molar-refractivity contribution is 5.25. The zero-order valence-corrected chi connectivity index (χ0v) is 10.6. The standard InChI is InChI=1S/C14H15F2NO2/c1-2-17-7-10-6-11(18-8-10)9-19-13-5-3-4-12(15)14(13)16/h3-6,8,17H,2,7,9H2,1H3. The maximum Gasteiger partial charge on any atom is 0.200 e. The number of ether oxygens (including phenoxy) is 1. The summed E-state index contributed by atoms with van der Waals surface area (Å²) in [5.41, 5.74) is 0.986. The van der Waals surface area contributed by atoms with Gasteiger partial charge in [0.05, 0.1) is 6.26 Å². The van der Waals surface area contributed by atoms with Gasteiger partial charge in [0.1, 0.15) is 12.4 Å². The lowest BCUT2D eigenvalue weighted by Crippen LogP contribution is -2.10. The van der Waals surface area contributed by atoms with E-state index in [0.717, 1.165) is 18.2 Å². The number of halogens is 2. The van der Waals surface area contributed by atoms with Crippen molar-refractivity contribution in [2.75, 3.05) is 6.54 Å². The summed E-state index contributed by atoms with van der Waals surface area (Å²) in [5.74, 6) is -1.46. The first kappa shape index (κ1) is 13.5. The van der Waals surface area contributed by atoms with E-state index in [-0.39, 0.29) is 12.4 Å². The van der Waals surface area contributed by atoms with Gasteiger partial charge < -0.3 is 14.5 Å². The Hall–Kier alpha value is -1.88. The van der Waals surface area contributed by atoms with E-state index in [1.807, 2.05) is 13.0 Å². The van der Waals surface area contributed by atoms with E-state index < -0.39 is 11.6 Å². The van der Waals surface area contributed by atoms with Crippen LogP contribution in [0.2, 0.25) is 0 Å². The Balaban J connectivity index is 1.95. The highest BCUT2D eigenvalue weighted by Gasteiger charge is 2.09. The van der Waals surface area contributed by atoms with Crippen LogP contribution in [-0.2, 0) is 13.2 Å². The first-order valence-electron chi connectivity index (χ1n) is 6.04. The van der Waals surface area contributed by atoms with Crippen molar-refractivity contribution in [2.45, 2.75) is 20.1 Å². The molecule has 1 aromatic carbocycles. The summed E-state index contributed by atoms with van der Waals surface area (Å²) in [5, 5.41) is 3.16. The van der Waals surface area contributed by atoms with Crippen LogP contribution in [0.25, 0.3) is 0 Å². The molecule has 0 amide bonds. The Morgan fingerprint density at radius 1 is 1.32 bits per heavy atom. The molecule has 0 unspecified atom stereocenters. The van der Waals surface area contributed by atoms with Crippen LogP contribution in [0.3, 0.4) is 0 Å². The largest absolute Gasteiger partial charge is 0.482 e.